The van der Waals surface area contributed by atoms with Crippen molar-refractivity contribution < 1.29 is 9.53 Å². The molecule has 0 aliphatic carbocycles. The van der Waals surface area contributed by atoms with Gasteiger partial charge in [-0.15, -0.1) is 0 Å². The number of thioether (sulfide) groups is 1. The van der Waals surface area contributed by atoms with Gasteiger partial charge in [0.2, 0.25) is 5.91 Å². The summed E-state index contributed by atoms with van der Waals surface area (Å²) >= 11 is 1.79. The average Bonchev–Trinajstić information content (AvgIpc) is 2.09. The highest BCUT2D eigenvalue weighted by molar-refractivity contribution is 7.98. The average molecular weight is 191 g/mol. The van der Waals surface area contributed by atoms with E-state index >= 15 is 0 Å². The number of carbonyl (C=O) groups is 1. The molecule has 0 saturated heterocycles. The number of carbonyl (C=O) groups excluding carboxylic acids is 1. The van der Waals surface area contributed by atoms with E-state index in [-0.39, 0.29) is 12.5 Å². The molecule has 0 rings (SSSR count). The molecule has 0 fully saturated rings. The van der Waals surface area contributed by atoms with Crippen molar-refractivity contribution in [2.75, 3.05) is 31.8 Å². The van der Waals surface area contributed by atoms with Crippen molar-refractivity contribution in [3.8, 4) is 0 Å². The molecule has 0 aromatic carbocycles. The van der Waals surface area contributed by atoms with Gasteiger partial charge in [0.25, 0.3) is 0 Å². The summed E-state index contributed by atoms with van der Waals surface area (Å²) in [6.07, 6.45) is 3.08. The second kappa shape index (κ2) is 8.87. The number of hydrogen-bond donors (Lipinski definition) is 1. The molecule has 1 amide bonds. The van der Waals surface area contributed by atoms with Gasteiger partial charge in [0, 0.05) is 13.2 Å². The van der Waals surface area contributed by atoms with Crippen LogP contribution in [0, 0.1) is 0 Å². The third-order valence-corrected chi connectivity index (χ3v) is 1.98. The Kier molecular flexibility index (Phi) is 8.71. The van der Waals surface area contributed by atoms with Crippen molar-refractivity contribution in [2.45, 2.75) is 13.3 Å². The Hall–Kier alpha value is -0.220. The number of amides is 1. The molecule has 12 heavy (non-hydrogen) atoms. The highest BCUT2D eigenvalue weighted by atomic mass is 32.2. The predicted octanol–water partition coefficient (Wildman–Crippen LogP) is 0.892. The molecule has 0 aromatic rings. The minimum absolute atomic E-state index is 0.0158. The Labute approximate surface area is 78.2 Å². The van der Waals surface area contributed by atoms with Crippen LogP contribution in [0.15, 0.2) is 0 Å². The van der Waals surface area contributed by atoms with Crippen LogP contribution < -0.4 is 5.32 Å². The molecule has 0 saturated carbocycles. The minimum Gasteiger partial charge on any atom is -0.372 e. The van der Waals surface area contributed by atoms with Gasteiger partial charge in [-0.3, -0.25) is 4.79 Å². The van der Waals surface area contributed by atoms with Gasteiger partial charge in [-0.2, -0.15) is 11.8 Å². The molecule has 72 valence electrons. The predicted molar refractivity (Wildman–Crippen MR) is 52.5 cm³/mol. The lowest BCUT2D eigenvalue weighted by atomic mass is 10.4. The van der Waals surface area contributed by atoms with Crippen LogP contribution in [-0.2, 0) is 9.53 Å². The summed E-state index contributed by atoms with van der Waals surface area (Å²) in [6.45, 7) is 3.42. The number of hydrogen-bond acceptors (Lipinski definition) is 3. The summed E-state index contributed by atoms with van der Waals surface area (Å²) in [7, 11) is 0. The van der Waals surface area contributed by atoms with Crippen molar-refractivity contribution in [2.24, 2.45) is 0 Å². The molecule has 0 bridgehead atoms. The fourth-order valence-electron chi connectivity index (χ4n) is 0.690. The van der Waals surface area contributed by atoms with Gasteiger partial charge in [0.15, 0.2) is 0 Å². The smallest absolute Gasteiger partial charge is 0.245 e. The van der Waals surface area contributed by atoms with Gasteiger partial charge in [-0.25, -0.2) is 0 Å². The lowest BCUT2D eigenvalue weighted by Crippen LogP contribution is -2.28. The fourth-order valence-corrected chi connectivity index (χ4v) is 1.12. The molecule has 0 unspecified atom stereocenters. The Bertz CT molecular complexity index is 120. The summed E-state index contributed by atoms with van der Waals surface area (Å²) in [5.41, 5.74) is 0. The highest BCUT2D eigenvalue weighted by Crippen LogP contribution is 1.92. The van der Waals surface area contributed by atoms with E-state index in [1.54, 1.807) is 11.8 Å². The van der Waals surface area contributed by atoms with Crippen LogP contribution in [0.25, 0.3) is 0 Å². The molecule has 0 aliphatic rings. The monoisotopic (exact) mass is 191 g/mol. The molecule has 0 atom stereocenters. The largest absolute Gasteiger partial charge is 0.372 e. The zero-order chi connectivity index (χ0) is 9.23. The van der Waals surface area contributed by atoms with Crippen molar-refractivity contribution >= 4 is 17.7 Å². The Morgan fingerprint density at radius 1 is 1.58 bits per heavy atom. The third-order valence-electron chi connectivity index (χ3n) is 1.28. The summed E-state index contributed by atoms with van der Waals surface area (Å²) < 4.78 is 4.94. The van der Waals surface area contributed by atoms with Crippen LogP contribution >= 0.6 is 11.8 Å². The molecule has 0 aliphatic heterocycles. The highest BCUT2D eigenvalue weighted by Gasteiger charge is 1.97. The first-order valence-corrected chi connectivity index (χ1v) is 5.54. The van der Waals surface area contributed by atoms with Crippen LogP contribution in [0.2, 0.25) is 0 Å². The van der Waals surface area contributed by atoms with E-state index in [0.29, 0.717) is 6.61 Å². The maximum Gasteiger partial charge on any atom is 0.245 e. The van der Waals surface area contributed by atoms with Gasteiger partial charge in [0.05, 0.1) is 0 Å². The molecule has 1 N–H and O–H groups in total. The minimum atomic E-state index is -0.0158. The molecule has 0 heterocycles. The third kappa shape index (κ3) is 7.88. The molecular weight excluding hydrogens is 174 g/mol. The number of nitrogens with one attached hydrogen (secondary N) is 1. The molecular formula is C8H17NO2S. The SMILES string of the molecule is CCOCC(=O)NCCCSC. The number of rotatable bonds is 7. The second-order valence-corrected chi connectivity index (χ2v) is 3.32. The van der Waals surface area contributed by atoms with Gasteiger partial charge >= 0.3 is 0 Å². The van der Waals surface area contributed by atoms with Crippen LogP contribution in [0.4, 0.5) is 0 Å². The zero-order valence-electron chi connectivity index (χ0n) is 7.76. The van der Waals surface area contributed by atoms with E-state index in [2.05, 4.69) is 11.6 Å². The molecule has 4 heteroatoms. The van der Waals surface area contributed by atoms with Crippen molar-refractivity contribution in [3.05, 3.63) is 0 Å². The summed E-state index contributed by atoms with van der Waals surface area (Å²) in [4.78, 5) is 10.9. The maximum atomic E-state index is 10.9. The normalized spacial score (nSPS) is 9.83. The first-order valence-electron chi connectivity index (χ1n) is 4.14. The van der Waals surface area contributed by atoms with Gasteiger partial charge in [-0.1, -0.05) is 0 Å². The van der Waals surface area contributed by atoms with Crippen LogP contribution in [-0.4, -0.2) is 37.7 Å². The summed E-state index contributed by atoms with van der Waals surface area (Å²) in [6, 6.07) is 0. The summed E-state index contributed by atoms with van der Waals surface area (Å²) in [5, 5.41) is 2.78. The first kappa shape index (κ1) is 11.8. The second-order valence-electron chi connectivity index (χ2n) is 2.33. The van der Waals surface area contributed by atoms with Crippen LogP contribution in [0.1, 0.15) is 13.3 Å². The maximum absolute atomic E-state index is 10.9. The molecule has 0 radical (unpaired) electrons. The van der Waals surface area contributed by atoms with Crippen LogP contribution in [0.3, 0.4) is 0 Å². The lowest BCUT2D eigenvalue weighted by Gasteiger charge is -2.03. The van der Waals surface area contributed by atoms with E-state index < -0.39 is 0 Å². The fraction of sp³-hybridized carbons (Fsp3) is 0.875. The van der Waals surface area contributed by atoms with E-state index in [9.17, 15) is 4.79 Å². The summed E-state index contributed by atoms with van der Waals surface area (Å²) in [5.74, 6) is 1.08. The Balaban J connectivity index is 3.08. The first-order chi connectivity index (χ1) is 5.81. The molecule has 3 nitrogen and oxygen atoms in total. The van der Waals surface area contributed by atoms with Crippen LogP contribution in [0.5, 0.6) is 0 Å². The van der Waals surface area contributed by atoms with Crippen molar-refractivity contribution in [1.82, 2.24) is 5.32 Å². The van der Waals surface area contributed by atoms with E-state index in [4.69, 9.17) is 4.74 Å². The number of ether oxygens (including phenoxy) is 1. The lowest BCUT2D eigenvalue weighted by molar-refractivity contribution is -0.125. The molecule has 0 spiro atoms. The zero-order valence-corrected chi connectivity index (χ0v) is 8.58. The topological polar surface area (TPSA) is 38.3 Å². The van der Waals surface area contributed by atoms with Gasteiger partial charge < -0.3 is 10.1 Å². The quantitative estimate of drug-likeness (QED) is 0.607. The standard InChI is InChI=1S/C8H17NO2S/c1-3-11-7-8(10)9-5-4-6-12-2/h3-7H2,1-2H3,(H,9,10). The molecule has 0 aromatic heterocycles. The Morgan fingerprint density at radius 2 is 2.33 bits per heavy atom. The van der Waals surface area contributed by atoms with E-state index in [1.807, 2.05) is 6.92 Å². The van der Waals surface area contributed by atoms with Crippen molar-refractivity contribution in [3.63, 3.8) is 0 Å². The van der Waals surface area contributed by atoms with Crippen molar-refractivity contribution in [1.29, 1.82) is 0 Å². The van der Waals surface area contributed by atoms with E-state index in [0.717, 1.165) is 18.7 Å². The van der Waals surface area contributed by atoms with Gasteiger partial charge in [0.1, 0.15) is 6.61 Å². The van der Waals surface area contributed by atoms with E-state index in [1.165, 1.54) is 0 Å². The Morgan fingerprint density at radius 3 is 2.92 bits per heavy atom. The van der Waals surface area contributed by atoms with Gasteiger partial charge in [-0.05, 0) is 25.4 Å².